The van der Waals surface area contributed by atoms with Crippen LogP contribution in [0.1, 0.15) is 42.0 Å². The molecule has 0 amide bonds. The van der Waals surface area contributed by atoms with Crippen LogP contribution in [0.2, 0.25) is 0 Å². The van der Waals surface area contributed by atoms with Crippen LogP contribution in [-0.4, -0.2) is 61.4 Å². The number of anilines is 1. The number of aliphatic hydroxyl groups is 1. The molecule has 0 saturated carbocycles. The van der Waals surface area contributed by atoms with Crippen molar-refractivity contribution < 1.29 is 37.3 Å². The second-order valence-corrected chi connectivity index (χ2v) is 10.1. The molecule has 2 heterocycles. The zero-order valence-electron chi connectivity index (χ0n) is 22.0. The van der Waals surface area contributed by atoms with E-state index in [4.69, 9.17) is 4.74 Å². The summed E-state index contributed by atoms with van der Waals surface area (Å²) in [5.41, 5.74) is -3.85. The molecule has 1 atom stereocenters. The highest BCUT2D eigenvalue weighted by atomic mass is 19.4. The lowest BCUT2D eigenvalue weighted by atomic mass is 9.74. The number of carbonyl (C=O) groups is 1. The number of aromatic nitrogens is 4. The molecule has 0 radical (unpaired) electrons. The Kier molecular flexibility index (Phi) is 7.45. The van der Waals surface area contributed by atoms with E-state index in [1.807, 2.05) is 0 Å². The Labute approximate surface area is 226 Å². The maximum Gasteiger partial charge on any atom is 0.418 e. The summed E-state index contributed by atoms with van der Waals surface area (Å²) in [6.07, 6.45) is -4.57. The van der Waals surface area contributed by atoms with E-state index < -0.39 is 41.9 Å². The van der Waals surface area contributed by atoms with Crippen molar-refractivity contribution in [3.8, 4) is 11.4 Å². The minimum absolute atomic E-state index is 0.00745. The summed E-state index contributed by atoms with van der Waals surface area (Å²) in [6, 6.07) is 9.47. The molecule has 0 bridgehead atoms. The third-order valence-corrected chi connectivity index (χ3v) is 6.58. The van der Waals surface area contributed by atoms with Crippen molar-refractivity contribution in [3.05, 3.63) is 71.4 Å². The highest BCUT2D eigenvalue weighted by Gasteiger charge is 2.56. The Morgan fingerprint density at radius 1 is 1.12 bits per heavy atom. The Hall–Kier alpha value is -4.26. The van der Waals surface area contributed by atoms with E-state index in [9.17, 15) is 32.6 Å². The lowest BCUT2D eigenvalue weighted by molar-refractivity contribution is -0.260. The molecule has 0 spiro atoms. The predicted octanol–water partition coefficient (Wildman–Crippen LogP) is 5.04. The molecule has 0 aliphatic carbocycles. The summed E-state index contributed by atoms with van der Waals surface area (Å²) in [6.45, 7) is 3.47. The van der Waals surface area contributed by atoms with Gasteiger partial charge in [-0.25, -0.2) is 23.8 Å². The van der Waals surface area contributed by atoms with Crippen molar-refractivity contribution in [2.75, 3.05) is 19.0 Å². The van der Waals surface area contributed by atoms with Crippen LogP contribution in [0.3, 0.4) is 0 Å². The lowest BCUT2D eigenvalue weighted by Gasteiger charge is -2.38. The van der Waals surface area contributed by atoms with Gasteiger partial charge in [-0.2, -0.15) is 18.3 Å². The van der Waals surface area contributed by atoms with Gasteiger partial charge in [-0.1, -0.05) is 19.9 Å². The van der Waals surface area contributed by atoms with Crippen molar-refractivity contribution in [2.24, 2.45) is 0 Å². The van der Waals surface area contributed by atoms with Gasteiger partial charge in [0.25, 0.3) is 0 Å². The van der Waals surface area contributed by atoms with Crippen LogP contribution >= 0.6 is 0 Å². The second kappa shape index (κ2) is 10.4. The standard InChI is InChI=1S/C27H27F4N5O4/c1-15-34-22(19-12-33-36(23(19)35-15)18-7-5-6-16(10-18)24(37)38)32-14-26(39,27(29,30)31)13-25(2,3)20-11-17(28)8-9-21(20)40-4/h5-12,39H,13-14H2,1-4H3,(H,37,38)(H,32,34,35). The van der Waals surface area contributed by atoms with Crippen molar-refractivity contribution >= 4 is 22.8 Å². The van der Waals surface area contributed by atoms with Gasteiger partial charge in [0.05, 0.1) is 36.5 Å². The number of alkyl halides is 3. The van der Waals surface area contributed by atoms with E-state index in [0.717, 1.165) is 12.1 Å². The number of benzene rings is 2. The van der Waals surface area contributed by atoms with Gasteiger partial charge in [0.2, 0.25) is 0 Å². The molecule has 4 rings (SSSR count). The van der Waals surface area contributed by atoms with Gasteiger partial charge in [-0.15, -0.1) is 0 Å². The molecule has 0 saturated heterocycles. The highest BCUT2D eigenvalue weighted by Crippen LogP contribution is 2.44. The molecule has 3 N–H and O–H groups in total. The Morgan fingerprint density at radius 3 is 2.50 bits per heavy atom. The van der Waals surface area contributed by atoms with Gasteiger partial charge in [-0.05, 0) is 55.2 Å². The maximum absolute atomic E-state index is 14.3. The molecule has 40 heavy (non-hydrogen) atoms. The van der Waals surface area contributed by atoms with E-state index in [0.29, 0.717) is 5.69 Å². The fourth-order valence-corrected chi connectivity index (χ4v) is 4.64. The lowest BCUT2D eigenvalue weighted by Crippen LogP contribution is -2.53. The summed E-state index contributed by atoms with van der Waals surface area (Å²) in [4.78, 5) is 19.9. The molecule has 4 aromatic rings. The number of carboxylic acids is 1. The number of hydrogen-bond acceptors (Lipinski definition) is 7. The zero-order valence-corrected chi connectivity index (χ0v) is 22.0. The van der Waals surface area contributed by atoms with Gasteiger partial charge in [0.15, 0.2) is 11.2 Å². The Morgan fingerprint density at radius 2 is 1.85 bits per heavy atom. The Balaban J connectivity index is 1.69. The molecule has 212 valence electrons. The van der Waals surface area contributed by atoms with Crippen molar-refractivity contribution in [1.82, 2.24) is 19.7 Å². The molecule has 2 aromatic carbocycles. The number of hydrogen-bond donors (Lipinski definition) is 3. The molecular formula is C27H27F4N5O4. The first-order valence-electron chi connectivity index (χ1n) is 12.1. The van der Waals surface area contributed by atoms with Crippen LogP contribution in [0.4, 0.5) is 23.4 Å². The van der Waals surface area contributed by atoms with E-state index in [1.165, 1.54) is 63.0 Å². The van der Waals surface area contributed by atoms with Crippen LogP contribution in [0, 0.1) is 12.7 Å². The topological polar surface area (TPSA) is 122 Å². The normalized spacial score (nSPS) is 13.7. The highest BCUT2D eigenvalue weighted by molar-refractivity contribution is 5.90. The second-order valence-electron chi connectivity index (χ2n) is 10.1. The fourth-order valence-electron chi connectivity index (χ4n) is 4.64. The Bertz CT molecular complexity index is 1570. The summed E-state index contributed by atoms with van der Waals surface area (Å²) in [5, 5.41) is 27.4. The number of aryl methyl sites for hydroxylation is 1. The van der Waals surface area contributed by atoms with Crippen molar-refractivity contribution in [1.29, 1.82) is 0 Å². The van der Waals surface area contributed by atoms with Crippen LogP contribution < -0.4 is 10.1 Å². The van der Waals surface area contributed by atoms with Gasteiger partial charge < -0.3 is 20.3 Å². The number of methoxy groups -OCH3 is 1. The fraction of sp³-hybridized carbons (Fsp3) is 0.333. The zero-order chi connectivity index (χ0) is 29.5. The monoisotopic (exact) mass is 561 g/mol. The summed E-state index contributed by atoms with van der Waals surface area (Å²) < 4.78 is 63.6. The minimum Gasteiger partial charge on any atom is -0.496 e. The number of aromatic carboxylic acids is 1. The van der Waals surface area contributed by atoms with Crippen molar-refractivity contribution in [2.45, 2.75) is 44.4 Å². The van der Waals surface area contributed by atoms with Gasteiger partial charge in [0.1, 0.15) is 23.2 Å². The predicted molar refractivity (Wildman–Crippen MR) is 138 cm³/mol. The van der Waals surface area contributed by atoms with E-state index in [1.54, 1.807) is 6.07 Å². The molecule has 13 heteroatoms. The molecule has 0 fully saturated rings. The van der Waals surface area contributed by atoms with E-state index in [-0.39, 0.29) is 39.6 Å². The van der Waals surface area contributed by atoms with Crippen LogP contribution in [0.25, 0.3) is 16.7 Å². The number of nitrogens with one attached hydrogen (secondary N) is 1. The maximum atomic E-state index is 14.3. The average Bonchev–Trinajstić information content (AvgIpc) is 3.30. The van der Waals surface area contributed by atoms with Crippen LogP contribution in [-0.2, 0) is 5.41 Å². The van der Waals surface area contributed by atoms with E-state index >= 15 is 0 Å². The summed E-state index contributed by atoms with van der Waals surface area (Å²) >= 11 is 0. The molecule has 0 aliphatic heterocycles. The largest absolute Gasteiger partial charge is 0.496 e. The van der Waals surface area contributed by atoms with Gasteiger partial charge in [0, 0.05) is 5.56 Å². The van der Waals surface area contributed by atoms with Gasteiger partial charge >= 0.3 is 12.1 Å². The van der Waals surface area contributed by atoms with E-state index in [2.05, 4.69) is 20.4 Å². The number of rotatable bonds is 9. The number of halogens is 4. The molecule has 0 aliphatic rings. The minimum atomic E-state index is -5.07. The number of fused-ring (bicyclic) bond motifs is 1. The van der Waals surface area contributed by atoms with Crippen LogP contribution in [0.5, 0.6) is 5.75 Å². The summed E-state index contributed by atoms with van der Waals surface area (Å²) in [7, 11) is 1.32. The molecule has 1 unspecified atom stereocenters. The third kappa shape index (κ3) is 5.55. The first-order chi connectivity index (χ1) is 18.6. The van der Waals surface area contributed by atoms with Crippen molar-refractivity contribution in [3.63, 3.8) is 0 Å². The first kappa shape index (κ1) is 28.7. The quantitative estimate of drug-likeness (QED) is 0.243. The van der Waals surface area contributed by atoms with Gasteiger partial charge in [-0.3, -0.25) is 0 Å². The number of nitrogens with zero attached hydrogens (tertiary/aromatic N) is 4. The number of carboxylic acid groups (broad SMARTS) is 1. The molecular weight excluding hydrogens is 534 g/mol. The van der Waals surface area contributed by atoms with Crippen LogP contribution in [0.15, 0.2) is 48.7 Å². The summed E-state index contributed by atoms with van der Waals surface area (Å²) in [5.74, 6) is -1.41. The molecule has 9 nitrogen and oxygen atoms in total. The number of ether oxygens (including phenoxy) is 1. The average molecular weight is 562 g/mol. The first-order valence-corrected chi connectivity index (χ1v) is 12.1. The third-order valence-electron chi connectivity index (χ3n) is 6.58. The smallest absolute Gasteiger partial charge is 0.418 e. The SMILES string of the molecule is COc1ccc(F)cc1C(C)(C)CC(O)(CNc1nc(C)nc2c1cnn2-c1cccc(C(=O)O)c1)C(F)(F)F. The molecule has 2 aromatic heterocycles.